The third-order valence-electron chi connectivity index (χ3n) is 11.9. The zero-order valence-electron chi connectivity index (χ0n) is 44.6. The third kappa shape index (κ3) is 25.5. The molecule has 2 rings (SSSR count). The molecule has 2 aromatic rings. The number of hydrogen-bond donors (Lipinski definition) is 19. The summed E-state index contributed by atoms with van der Waals surface area (Å²) < 4.78 is 0. The quantitative estimate of drug-likeness (QED) is 0.0223. The maximum absolute atomic E-state index is 14.0. The molecule has 10 atom stereocenters. The summed E-state index contributed by atoms with van der Waals surface area (Å²) in [7, 11) is 0. The molecule has 0 aromatic heterocycles. The van der Waals surface area contributed by atoms with Crippen LogP contribution in [-0.2, 0) is 75.2 Å². The summed E-state index contributed by atoms with van der Waals surface area (Å²) in [5, 5.41) is 79.6. The van der Waals surface area contributed by atoms with Crippen molar-refractivity contribution in [2.45, 2.75) is 139 Å². The Morgan fingerprint density at radius 2 is 0.854 bits per heavy atom. The number of carboxylic acids is 3. The Morgan fingerprint density at radius 1 is 0.476 bits per heavy atom. The molecule has 82 heavy (non-hydrogen) atoms. The summed E-state index contributed by atoms with van der Waals surface area (Å²) in [6.07, 6.45) is -5.70. The molecule has 0 bridgehead atoms. The minimum atomic E-state index is -2.12. The fourth-order valence-corrected chi connectivity index (χ4v) is 8.08. The molecule has 10 amide bonds. The van der Waals surface area contributed by atoms with E-state index in [2.05, 4.69) is 73.1 Å². The molecule has 30 nitrogen and oxygen atoms in total. The Balaban J connectivity index is 2.37. The SMILES string of the molecule is CC(=O)N[C@@H](Cc1ccc(O)cc1)C(=O)N[C@@H](CS)C(=O)N[C@H](C(=O)N[C@@H](CC(=O)O)C(=O)N[C@@H](CCC(=O)O)C(=O)N[C@@H](CCCCN)C(=O)N[C@@H](CCC(N)=O)C(=O)N[C@@H](CS)C(=O)N[C@@H](Cc1ccc(O)cc1)C(=O)O)[C@@H](C)O. The van der Waals surface area contributed by atoms with Gasteiger partial charge in [-0.15, -0.1) is 0 Å². The summed E-state index contributed by atoms with van der Waals surface area (Å²) in [5.74, 6) is -16.4. The van der Waals surface area contributed by atoms with E-state index in [4.69, 9.17) is 11.5 Å². The molecule has 2 aromatic carbocycles. The van der Waals surface area contributed by atoms with Gasteiger partial charge in [-0.25, -0.2) is 4.79 Å². The first-order chi connectivity index (χ1) is 38.6. The maximum atomic E-state index is 14.0. The average molecular weight is 1190 g/mol. The molecule has 0 aliphatic heterocycles. The Kier molecular flexibility index (Phi) is 30.2. The van der Waals surface area contributed by atoms with Crippen molar-refractivity contribution in [2.75, 3.05) is 18.1 Å². The second-order valence-electron chi connectivity index (χ2n) is 18.7. The van der Waals surface area contributed by atoms with E-state index in [0.717, 1.165) is 13.8 Å². The molecule has 0 fully saturated rings. The van der Waals surface area contributed by atoms with Gasteiger partial charge in [0.1, 0.15) is 65.9 Å². The van der Waals surface area contributed by atoms with Gasteiger partial charge in [-0.2, -0.15) is 25.3 Å². The molecule has 0 unspecified atom stereocenters. The first-order valence-electron chi connectivity index (χ1n) is 25.4. The van der Waals surface area contributed by atoms with Gasteiger partial charge in [-0.05, 0) is 81.0 Å². The van der Waals surface area contributed by atoms with Crippen LogP contribution in [0.25, 0.3) is 0 Å². The third-order valence-corrected chi connectivity index (χ3v) is 12.7. The predicted octanol–water partition coefficient (Wildman–Crippen LogP) is -4.67. The van der Waals surface area contributed by atoms with E-state index < -0.39 is 181 Å². The molecule has 0 aliphatic carbocycles. The van der Waals surface area contributed by atoms with Crippen molar-refractivity contribution in [1.29, 1.82) is 0 Å². The second-order valence-corrected chi connectivity index (χ2v) is 19.4. The molecule has 32 heteroatoms. The first-order valence-corrected chi connectivity index (χ1v) is 26.7. The number of carboxylic acid groups (broad SMARTS) is 3. The fraction of sp³-hybridized carbons (Fsp3) is 0.500. The molecule has 0 saturated heterocycles. The van der Waals surface area contributed by atoms with Gasteiger partial charge >= 0.3 is 17.9 Å². The van der Waals surface area contributed by atoms with E-state index in [1.54, 1.807) is 0 Å². The van der Waals surface area contributed by atoms with Gasteiger partial charge in [-0.3, -0.25) is 57.5 Å². The van der Waals surface area contributed by atoms with Crippen LogP contribution in [0.3, 0.4) is 0 Å². The predicted molar refractivity (Wildman–Crippen MR) is 294 cm³/mol. The fourth-order valence-electron chi connectivity index (χ4n) is 7.57. The highest BCUT2D eigenvalue weighted by molar-refractivity contribution is 7.80. The molecule has 0 aliphatic rings. The highest BCUT2D eigenvalue weighted by Crippen LogP contribution is 2.14. The Labute approximate surface area is 480 Å². The first kappa shape index (κ1) is 69.9. The number of hydrogen-bond acceptors (Lipinski definition) is 19. The molecular formula is C50H71N11O19S2. The van der Waals surface area contributed by atoms with Crippen LogP contribution < -0.4 is 59.3 Å². The van der Waals surface area contributed by atoms with Crippen LogP contribution in [0, 0.1) is 0 Å². The lowest BCUT2D eigenvalue weighted by atomic mass is 10.0. The Bertz CT molecular complexity index is 2580. The standard InChI is InChI=1S/C50H71N11O19S2/c1-24(62)41(61-48(77)37(23-82)60-45(74)33(53-25(2)63)19-26-6-10-28(64)11-7-26)49(78)57-34(21-40(69)70)46(75)56-32(15-17-39(67)68)43(72)54-30(5-3-4-18-51)42(71)55-31(14-16-38(52)66)44(73)59-36(22-81)47(76)58-35(50(79)80)20-27-8-12-29(65)13-9-27/h6-13,24,30-37,41,62,64-65,81-82H,3-5,14-23,51H2,1-2H3,(H2,52,66)(H,53,63)(H,54,72)(H,55,71)(H,56,75)(H,57,78)(H,58,76)(H,59,73)(H,60,74)(H,61,77)(H,67,68)(H,69,70)(H,79,80)/t24-,30+,31+,32+,33+,34+,35+,36+,37+,41+/m1/s1. The molecule has 0 radical (unpaired) electrons. The second kappa shape index (κ2) is 35.5. The van der Waals surface area contributed by atoms with Gasteiger partial charge in [0, 0.05) is 44.1 Å². The van der Waals surface area contributed by atoms with Crippen LogP contribution in [-0.4, -0.2) is 186 Å². The van der Waals surface area contributed by atoms with E-state index in [1.807, 2.05) is 0 Å². The van der Waals surface area contributed by atoms with Crippen molar-refractivity contribution < 1.29 is 93.0 Å². The minimum absolute atomic E-state index is 0.0692. The number of phenolic OH excluding ortho intramolecular Hbond substituents is 2. The van der Waals surface area contributed by atoms with Crippen molar-refractivity contribution in [3.8, 4) is 11.5 Å². The van der Waals surface area contributed by atoms with E-state index in [1.165, 1.54) is 48.5 Å². The summed E-state index contributed by atoms with van der Waals surface area (Å²) in [6.45, 7) is 2.27. The number of nitrogens with one attached hydrogen (secondary N) is 9. The Morgan fingerprint density at radius 3 is 1.26 bits per heavy atom. The number of aromatic hydroxyl groups is 2. The number of carbonyl (C=O) groups is 13. The Hall–Kier alpha value is -8.23. The maximum Gasteiger partial charge on any atom is 0.326 e. The van der Waals surface area contributed by atoms with Crippen LogP contribution in [0.15, 0.2) is 48.5 Å². The summed E-state index contributed by atoms with van der Waals surface area (Å²) >= 11 is 8.21. The minimum Gasteiger partial charge on any atom is -0.508 e. The number of aliphatic carboxylic acids is 3. The number of rotatable bonds is 37. The van der Waals surface area contributed by atoms with Crippen LogP contribution in [0.4, 0.5) is 0 Å². The average Bonchev–Trinajstić information content (AvgIpc) is 3.41. The molecule has 452 valence electrons. The lowest BCUT2D eigenvalue weighted by Crippen LogP contribution is -2.62. The number of aliphatic hydroxyl groups excluding tert-OH is 1. The zero-order valence-corrected chi connectivity index (χ0v) is 46.4. The van der Waals surface area contributed by atoms with E-state index in [9.17, 15) is 93.0 Å². The van der Waals surface area contributed by atoms with Crippen LogP contribution in [0.5, 0.6) is 11.5 Å². The number of nitrogens with two attached hydrogens (primary N) is 2. The summed E-state index contributed by atoms with van der Waals surface area (Å²) in [5.41, 5.74) is 11.9. The van der Waals surface area contributed by atoms with Gasteiger partial charge in [0.2, 0.25) is 59.1 Å². The number of thiol groups is 2. The van der Waals surface area contributed by atoms with E-state index in [0.29, 0.717) is 11.1 Å². The van der Waals surface area contributed by atoms with Gasteiger partial charge in [0.15, 0.2) is 0 Å². The molecule has 0 spiro atoms. The molecule has 19 N–H and O–H groups in total. The molecule has 0 saturated carbocycles. The van der Waals surface area contributed by atoms with E-state index >= 15 is 0 Å². The van der Waals surface area contributed by atoms with Crippen LogP contribution >= 0.6 is 25.3 Å². The smallest absolute Gasteiger partial charge is 0.326 e. The highest BCUT2D eigenvalue weighted by Gasteiger charge is 2.37. The number of phenols is 2. The van der Waals surface area contributed by atoms with E-state index in [-0.39, 0.29) is 50.1 Å². The van der Waals surface area contributed by atoms with Gasteiger partial charge in [-0.1, -0.05) is 24.3 Å². The number of carbonyl (C=O) groups excluding carboxylic acids is 10. The van der Waals surface area contributed by atoms with Gasteiger partial charge < -0.3 is 90.0 Å². The zero-order chi connectivity index (χ0) is 61.8. The number of amides is 10. The number of aliphatic hydroxyl groups is 1. The van der Waals surface area contributed by atoms with Crippen molar-refractivity contribution in [1.82, 2.24) is 47.9 Å². The summed E-state index contributed by atoms with van der Waals surface area (Å²) in [4.78, 5) is 169. The number of unbranched alkanes of at least 4 members (excludes halogenated alkanes) is 1. The van der Waals surface area contributed by atoms with Gasteiger partial charge in [0.05, 0.1) is 12.5 Å². The lowest BCUT2D eigenvalue weighted by Gasteiger charge is -2.28. The van der Waals surface area contributed by atoms with Crippen molar-refractivity contribution in [2.24, 2.45) is 11.5 Å². The van der Waals surface area contributed by atoms with Crippen LogP contribution in [0.2, 0.25) is 0 Å². The summed E-state index contributed by atoms with van der Waals surface area (Å²) in [6, 6.07) is -4.07. The normalized spacial score (nSPS) is 14.6. The monoisotopic (exact) mass is 1190 g/mol. The van der Waals surface area contributed by atoms with Crippen LogP contribution in [0.1, 0.15) is 76.3 Å². The number of primary amides is 1. The van der Waals surface area contributed by atoms with Crippen molar-refractivity contribution >= 4 is 102 Å². The molecule has 0 heterocycles. The van der Waals surface area contributed by atoms with Crippen molar-refractivity contribution in [3.63, 3.8) is 0 Å². The molecular weight excluding hydrogens is 1120 g/mol. The van der Waals surface area contributed by atoms with Gasteiger partial charge in [0.25, 0.3) is 0 Å². The largest absolute Gasteiger partial charge is 0.508 e. The number of benzene rings is 2. The lowest BCUT2D eigenvalue weighted by molar-refractivity contribution is -0.142. The van der Waals surface area contributed by atoms with Crippen molar-refractivity contribution in [3.05, 3.63) is 59.7 Å². The highest BCUT2D eigenvalue weighted by atomic mass is 32.1. The topological polar surface area (TPSA) is 504 Å².